The van der Waals surface area contributed by atoms with E-state index in [9.17, 15) is 19.2 Å². The van der Waals surface area contributed by atoms with Crippen LogP contribution in [0.5, 0.6) is 0 Å². The first-order valence-corrected chi connectivity index (χ1v) is 13.2. The minimum Gasteiger partial charge on any atom is -0.464 e. The van der Waals surface area contributed by atoms with Gasteiger partial charge in [0.1, 0.15) is 17.2 Å². The van der Waals surface area contributed by atoms with Crippen LogP contribution in [0.1, 0.15) is 79.3 Å². The zero-order valence-corrected chi connectivity index (χ0v) is 23.9. The van der Waals surface area contributed by atoms with Gasteiger partial charge in [0.25, 0.3) is 0 Å². The predicted octanol–water partition coefficient (Wildman–Crippen LogP) is 3.95. The molecule has 2 unspecified atom stereocenters. The molecule has 0 fully saturated rings. The van der Waals surface area contributed by atoms with E-state index in [2.05, 4.69) is 20.9 Å². The molecule has 2 atom stereocenters. The highest BCUT2D eigenvalue weighted by Crippen LogP contribution is 2.22. The normalized spacial score (nSPS) is 13.1. The lowest BCUT2D eigenvalue weighted by Crippen LogP contribution is -2.58. The van der Waals surface area contributed by atoms with Gasteiger partial charge in [-0.2, -0.15) is 0 Å². The van der Waals surface area contributed by atoms with Crippen molar-refractivity contribution in [2.75, 3.05) is 11.9 Å². The molecule has 0 aliphatic heterocycles. The van der Waals surface area contributed by atoms with Crippen LogP contribution in [0.15, 0.2) is 42.9 Å². The average molecular weight is 544 g/mol. The molecule has 1 aromatic carbocycles. The Labute approximate surface area is 230 Å². The van der Waals surface area contributed by atoms with E-state index in [1.165, 1.54) is 20.2 Å². The first kappa shape index (κ1) is 31.3. The number of esters is 1. The van der Waals surface area contributed by atoms with Crippen LogP contribution in [0, 0.1) is 0 Å². The average Bonchev–Trinajstić information content (AvgIpc) is 3.28. The number of nitrogens with one attached hydrogen (secondary N) is 3. The summed E-state index contributed by atoms with van der Waals surface area (Å²) in [4.78, 5) is 55.4. The number of unbranched alkanes of at least 4 members (excludes halogenated alkanes) is 1. The summed E-state index contributed by atoms with van der Waals surface area (Å²) in [5.41, 5.74) is -1.35. The largest absolute Gasteiger partial charge is 0.464 e. The van der Waals surface area contributed by atoms with Gasteiger partial charge in [-0.05, 0) is 53.5 Å². The van der Waals surface area contributed by atoms with Crippen molar-refractivity contribution in [3.63, 3.8) is 0 Å². The van der Waals surface area contributed by atoms with Crippen LogP contribution in [0.2, 0.25) is 0 Å². The van der Waals surface area contributed by atoms with Gasteiger partial charge < -0.3 is 30.0 Å². The van der Waals surface area contributed by atoms with E-state index >= 15 is 0 Å². The second-order valence-electron chi connectivity index (χ2n) is 10.7. The van der Waals surface area contributed by atoms with Crippen LogP contribution in [-0.4, -0.2) is 57.2 Å². The molecule has 11 nitrogen and oxygen atoms in total. The predicted molar refractivity (Wildman–Crippen MR) is 147 cm³/mol. The van der Waals surface area contributed by atoms with E-state index in [4.69, 9.17) is 9.47 Å². The van der Waals surface area contributed by atoms with Gasteiger partial charge in [0.2, 0.25) is 11.8 Å². The molecule has 1 aromatic heterocycles. The van der Waals surface area contributed by atoms with E-state index in [-0.39, 0.29) is 12.4 Å². The lowest BCUT2D eigenvalue weighted by Gasteiger charge is -2.29. The minimum absolute atomic E-state index is 0.215. The molecule has 3 N–H and O–H groups in total. The number of carbonyl (C=O) groups excluding carboxylic acids is 4. The van der Waals surface area contributed by atoms with Gasteiger partial charge in [-0.25, -0.2) is 14.6 Å². The highest BCUT2D eigenvalue weighted by atomic mass is 16.6. The Morgan fingerprint density at radius 3 is 2.28 bits per heavy atom. The second kappa shape index (κ2) is 13.8. The maximum Gasteiger partial charge on any atom is 0.408 e. The van der Waals surface area contributed by atoms with Crippen molar-refractivity contribution in [2.45, 2.75) is 91.0 Å². The highest BCUT2D eigenvalue weighted by molar-refractivity contribution is 5.98. The molecule has 3 amide bonds. The first-order valence-electron chi connectivity index (χ1n) is 13.2. The molecular formula is C28H41N5O6. The van der Waals surface area contributed by atoms with Crippen LogP contribution >= 0.6 is 0 Å². The first-order chi connectivity index (χ1) is 18.3. The van der Waals surface area contributed by atoms with Gasteiger partial charge in [0.15, 0.2) is 11.9 Å². The highest BCUT2D eigenvalue weighted by Gasteiger charge is 2.34. The number of nitrogens with zero attached hydrogens (tertiary/aromatic N) is 2. The number of aromatic nitrogens is 2. The van der Waals surface area contributed by atoms with E-state index in [0.29, 0.717) is 18.4 Å². The van der Waals surface area contributed by atoms with Crippen molar-refractivity contribution in [2.24, 2.45) is 0 Å². The van der Waals surface area contributed by atoms with Crippen molar-refractivity contribution < 1.29 is 28.7 Å². The van der Waals surface area contributed by atoms with Gasteiger partial charge in [0.05, 0.1) is 12.9 Å². The number of imidazole rings is 1. The Morgan fingerprint density at radius 2 is 1.69 bits per heavy atom. The summed E-state index contributed by atoms with van der Waals surface area (Å²) in [7, 11) is 0. The topological polar surface area (TPSA) is 141 Å². The molecule has 0 aliphatic rings. The molecule has 0 bridgehead atoms. The Bertz CT molecular complexity index is 1120. The van der Waals surface area contributed by atoms with E-state index < -0.39 is 47.1 Å². The number of hydrogen-bond donors (Lipinski definition) is 3. The summed E-state index contributed by atoms with van der Waals surface area (Å²) in [5.74, 6) is -1.25. The third-order valence-electron chi connectivity index (χ3n) is 5.63. The van der Waals surface area contributed by atoms with Gasteiger partial charge in [-0.15, -0.1) is 0 Å². The third-order valence-corrected chi connectivity index (χ3v) is 5.63. The third kappa shape index (κ3) is 9.73. The summed E-state index contributed by atoms with van der Waals surface area (Å²) in [6, 6.07) is 7.45. The van der Waals surface area contributed by atoms with Crippen molar-refractivity contribution in [1.29, 1.82) is 0 Å². The standard InChI is InChI=1S/C28H41N5O6/c1-8-10-16-20(30-25(36)28(6,7)32-26(37)39-27(3,4)5)23(34)31-21-17-33(18-29-21)22(24(35)38-9-2)19-14-12-11-13-15-19/h11-15,17-18,20,22H,8-10,16H2,1-7H3,(H,30,36)(H,31,34)(H,32,37). The Hall–Kier alpha value is -3.89. The van der Waals surface area contributed by atoms with Gasteiger partial charge in [-0.1, -0.05) is 50.1 Å². The monoisotopic (exact) mass is 543 g/mol. The molecule has 0 saturated heterocycles. The van der Waals surface area contributed by atoms with Crippen LogP contribution in [0.3, 0.4) is 0 Å². The van der Waals surface area contributed by atoms with Gasteiger partial charge >= 0.3 is 12.1 Å². The van der Waals surface area contributed by atoms with E-state index in [1.807, 2.05) is 37.3 Å². The Morgan fingerprint density at radius 1 is 1.03 bits per heavy atom. The Kier molecular flexibility index (Phi) is 11.1. The van der Waals surface area contributed by atoms with Gasteiger partial charge in [0, 0.05) is 6.20 Å². The van der Waals surface area contributed by atoms with Crippen LogP contribution in [0.25, 0.3) is 0 Å². The number of rotatable bonds is 12. The summed E-state index contributed by atoms with van der Waals surface area (Å²) in [6.07, 6.45) is 4.12. The number of anilines is 1. The molecule has 214 valence electrons. The smallest absolute Gasteiger partial charge is 0.408 e. The van der Waals surface area contributed by atoms with Crippen LogP contribution in [-0.2, 0) is 23.9 Å². The zero-order valence-electron chi connectivity index (χ0n) is 23.9. The fourth-order valence-electron chi connectivity index (χ4n) is 3.67. The molecule has 11 heteroatoms. The number of benzene rings is 1. The van der Waals surface area contributed by atoms with Gasteiger partial charge in [-0.3, -0.25) is 9.59 Å². The summed E-state index contributed by atoms with van der Waals surface area (Å²) < 4.78 is 12.1. The number of carbonyl (C=O) groups is 4. The van der Waals surface area contributed by atoms with Crippen LogP contribution < -0.4 is 16.0 Å². The van der Waals surface area contributed by atoms with Crippen molar-refractivity contribution in [1.82, 2.24) is 20.2 Å². The minimum atomic E-state index is -1.34. The lowest BCUT2D eigenvalue weighted by molar-refractivity contribution is -0.145. The lowest BCUT2D eigenvalue weighted by atomic mass is 10.0. The fourth-order valence-corrected chi connectivity index (χ4v) is 3.67. The van der Waals surface area contributed by atoms with E-state index in [1.54, 1.807) is 38.5 Å². The Balaban J connectivity index is 2.17. The van der Waals surface area contributed by atoms with Crippen molar-refractivity contribution in [3.05, 3.63) is 48.4 Å². The molecule has 2 aromatic rings. The van der Waals surface area contributed by atoms with Crippen LogP contribution in [0.4, 0.5) is 10.6 Å². The molecule has 2 rings (SSSR count). The summed E-state index contributed by atoms with van der Waals surface area (Å²) in [5, 5.41) is 8.02. The molecule has 0 spiro atoms. The second-order valence-corrected chi connectivity index (χ2v) is 10.7. The molecule has 0 aliphatic carbocycles. The van der Waals surface area contributed by atoms with Crippen molar-refractivity contribution in [3.8, 4) is 0 Å². The number of ether oxygens (including phenoxy) is 2. The number of amides is 3. The van der Waals surface area contributed by atoms with E-state index in [0.717, 1.165) is 6.42 Å². The zero-order chi connectivity index (χ0) is 29.2. The maximum absolute atomic E-state index is 13.2. The molecule has 39 heavy (non-hydrogen) atoms. The molecule has 1 heterocycles. The quantitative estimate of drug-likeness (QED) is 0.344. The molecule has 0 radical (unpaired) electrons. The molecule has 0 saturated carbocycles. The number of alkyl carbamates (subject to hydrolysis) is 1. The maximum atomic E-state index is 13.2. The summed E-state index contributed by atoms with van der Waals surface area (Å²) >= 11 is 0. The fraction of sp³-hybridized carbons (Fsp3) is 0.536. The summed E-state index contributed by atoms with van der Waals surface area (Å²) in [6.45, 7) is 12.2. The SMILES string of the molecule is CCCCC(NC(=O)C(C)(C)NC(=O)OC(C)(C)C)C(=O)Nc1cn(C(C(=O)OCC)c2ccccc2)cn1. The number of hydrogen-bond acceptors (Lipinski definition) is 7. The molecular weight excluding hydrogens is 502 g/mol. The van der Waals surface area contributed by atoms with Crippen molar-refractivity contribution >= 4 is 29.7 Å².